The average Bonchev–Trinajstić information content (AvgIpc) is 2.62. The van der Waals surface area contributed by atoms with Crippen molar-refractivity contribution in [2.45, 2.75) is 107 Å². The first-order valence-electron chi connectivity index (χ1n) is 12.1. The molecule has 28 heavy (non-hydrogen) atoms. The molecule has 0 spiro atoms. The molecule has 1 N–H and O–H groups in total. The second kappa shape index (κ2) is 7.89. The highest BCUT2D eigenvalue weighted by Gasteiger charge is 2.52. The van der Waals surface area contributed by atoms with Crippen LogP contribution in [-0.2, 0) is 11.2 Å². The maximum atomic E-state index is 11.4. The van der Waals surface area contributed by atoms with E-state index in [9.17, 15) is 5.11 Å². The van der Waals surface area contributed by atoms with Gasteiger partial charge in [-0.15, -0.1) is 0 Å². The number of aromatic hydroxyl groups is 1. The third kappa shape index (κ3) is 3.75. The van der Waals surface area contributed by atoms with Gasteiger partial charge in [-0.05, 0) is 81.5 Å². The summed E-state index contributed by atoms with van der Waals surface area (Å²) in [5.74, 6) is 4.46. The van der Waals surface area contributed by atoms with Gasteiger partial charge in [-0.2, -0.15) is 11.8 Å². The Labute approximate surface area is 176 Å². The van der Waals surface area contributed by atoms with Crippen LogP contribution in [0.15, 0.2) is 12.1 Å². The number of hydrogen-bond acceptors (Lipinski definition) is 2. The Morgan fingerprint density at radius 1 is 0.893 bits per heavy atom. The Morgan fingerprint density at radius 2 is 1.46 bits per heavy atom. The monoisotopic (exact) mass is 398 g/mol. The van der Waals surface area contributed by atoms with Crippen molar-refractivity contribution in [2.75, 3.05) is 0 Å². The molecular formula is C26H38OS. The van der Waals surface area contributed by atoms with Crippen LogP contribution in [0.25, 0.3) is 0 Å². The molecule has 1 aromatic carbocycles. The van der Waals surface area contributed by atoms with Crippen LogP contribution in [0.3, 0.4) is 0 Å². The lowest BCUT2D eigenvalue weighted by molar-refractivity contribution is -0.00619. The van der Waals surface area contributed by atoms with E-state index in [1.54, 1.807) is 0 Å². The fourth-order valence-corrected chi connectivity index (χ4v) is 8.90. The van der Waals surface area contributed by atoms with E-state index >= 15 is 0 Å². The van der Waals surface area contributed by atoms with Gasteiger partial charge in [0.2, 0.25) is 0 Å². The van der Waals surface area contributed by atoms with Crippen LogP contribution in [0.2, 0.25) is 0 Å². The number of thioether (sulfide) groups is 1. The summed E-state index contributed by atoms with van der Waals surface area (Å²) in [6.07, 6.45) is 18.2. The van der Waals surface area contributed by atoms with Crippen LogP contribution >= 0.6 is 11.8 Å². The summed E-state index contributed by atoms with van der Waals surface area (Å²) in [5, 5.41) is 12.2. The van der Waals surface area contributed by atoms with E-state index in [0.717, 1.165) is 28.8 Å². The summed E-state index contributed by atoms with van der Waals surface area (Å²) in [6, 6.07) is 4.63. The largest absolute Gasteiger partial charge is 0.507 e. The molecule has 0 saturated heterocycles. The van der Waals surface area contributed by atoms with Crippen LogP contribution in [0.5, 0.6) is 5.75 Å². The van der Waals surface area contributed by atoms with Gasteiger partial charge in [0.1, 0.15) is 5.75 Å². The second-order valence-corrected chi connectivity index (χ2v) is 12.1. The van der Waals surface area contributed by atoms with E-state index in [4.69, 9.17) is 0 Å². The minimum atomic E-state index is 0.296. The Balaban J connectivity index is 1.36. The number of benzene rings is 1. The number of aryl methyl sites for hydroxylation is 1. The first-order valence-corrected chi connectivity index (χ1v) is 13.1. The highest BCUT2D eigenvalue weighted by Crippen LogP contribution is 2.62. The topological polar surface area (TPSA) is 20.2 Å². The quantitative estimate of drug-likeness (QED) is 0.566. The summed E-state index contributed by atoms with van der Waals surface area (Å²) in [6.45, 7) is 2.24. The fourth-order valence-electron chi connectivity index (χ4n) is 7.60. The third-order valence-electron chi connectivity index (χ3n) is 8.47. The minimum absolute atomic E-state index is 0.296. The highest BCUT2D eigenvalue weighted by molar-refractivity contribution is 7.99. The first kappa shape index (κ1) is 19.3. The minimum Gasteiger partial charge on any atom is -0.507 e. The Morgan fingerprint density at radius 3 is 2.07 bits per heavy atom. The SMILES string of the molecule is Cc1cc(CSC2CCCCCCC2)c(O)c(C23CC4CC(CC(C4)C2)C3)c1. The molecule has 6 rings (SSSR count). The van der Waals surface area contributed by atoms with Crippen LogP contribution in [0.4, 0.5) is 0 Å². The van der Waals surface area contributed by atoms with Crippen molar-refractivity contribution >= 4 is 11.8 Å². The lowest BCUT2D eigenvalue weighted by Gasteiger charge is -2.57. The van der Waals surface area contributed by atoms with Crippen molar-refractivity contribution in [3.8, 4) is 5.75 Å². The lowest BCUT2D eigenvalue weighted by atomic mass is 9.48. The summed E-state index contributed by atoms with van der Waals surface area (Å²) in [4.78, 5) is 0. The van der Waals surface area contributed by atoms with Crippen LogP contribution in [0.1, 0.15) is 100 Å². The number of phenolic OH excluding ortho intramolecular Hbond substituents is 1. The van der Waals surface area contributed by atoms with Gasteiger partial charge in [-0.25, -0.2) is 0 Å². The van der Waals surface area contributed by atoms with E-state index in [1.807, 2.05) is 0 Å². The van der Waals surface area contributed by atoms with Crippen molar-refractivity contribution in [1.29, 1.82) is 0 Å². The van der Waals surface area contributed by atoms with E-state index in [1.165, 1.54) is 100 Å². The van der Waals surface area contributed by atoms with Gasteiger partial charge in [-0.1, -0.05) is 49.8 Å². The molecule has 4 bridgehead atoms. The molecule has 5 aliphatic rings. The Hall–Kier alpha value is -0.630. The summed E-state index contributed by atoms with van der Waals surface area (Å²) < 4.78 is 0. The smallest absolute Gasteiger partial charge is 0.123 e. The van der Waals surface area contributed by atoms with Crippen LogP contribution in [0, 0.1) is 24.7 Å². The van der Waals surface area contributed by atoms with E-state index < -0.39 is 0 Å². The third-order valence-corrected chi connectivity index (χ3v) is 9.89. The Bertz CT molecular complexity index is 665. The van der Waals surface area contributed by atoms with Gasteiger partial charge in [-0.3, -0.25) is 0 Å². The standard InChI is InChI=1S/C26H38OS/c1-18-9-22(17-28-23-7-5-3-2-4-6-8-23)25(27)24(10-18)26-14-19-11-20(15-26)13-21(12-19)16-26/h9-10,19-21,23,27H,2-8,11-17H2,1H3. The van der Waals surface area contributed by atoms with Crippen molar-refractivity contribution in [1.82, 2.24) is 0 Å². The molecule has 1 nitrogen and oxygen atoms in total. The van der Waals surface area contributed by atoms with Gasteiger partial charge < -0.3 is 5.11 Å². The van der Waals surface area contributed by atoms with Gasteiger partial charge >= 0.3 is 0 Å². The molecular weight excluding hydrogens is 360 g/mol. The molecule has 0 amide bonds. The predicted molar refractivity (Wildman–Crippen MR) is 120 cm³/mol. The fraction of sp³-hybridized carbons (Fsp3) is 0.769. The maximum Gasteiger partial charge on any atom is 0.123 e. The Kier molecular flexibility index (Phi) is 5.45. The summed E-state index contributed by atoms with van der Waals surface area (Å²) in [7, 11) is 0. The molecule has 0 atom stereocenters. The van der Waals surface area contributed by atoms with Gasteiger partial charge in [0.05, 0.1) is 0 Å². The molecule has 2 heteroatoms. The predicted octanol–water partition coefficient (Wildman–Crippen LogP) is 7.51. The zero-order valence-electron chi connectivity index (χ0n) is 17.7. The molecule has 5 saturated carbocycles. The zero-order chi connectivity index (χ0) is 19.1. The van der Waals surface area contributed by atoms with Crippen LogP contribution in [-0.4, -0.2) is 10.4 Å². The van der Waals surface area contributed by atoms with E-state index in [-0.39, 0.29) is 0 Å². The van der Waals surface area contributed by atoms with Crippen molar-refractivity contribution in [2.24, 2.45) is 17.8 Å². The van der Waals surface area contributed by atoms with Crippen LogP contribution < -0.4 is 0 Å². The van der Waals surface area contributed by atoms with Gasteiger partial charge in [0.15, 0.2) is 0 Å². The summed E-state index contributed by atoms with van der Waals surface area (Å²) in [5.41, 5.74) is 4.21. The average molecular weight is 399 g/mol. The molecule has 5 aliphatic carbocycles. The second-order valence-electron chi connectivity index (χ2n) is 10.8. The lowest BCUT2D eigenvalue weighted by Crippen LogP contribution is -2.48. The maximum absolute atomic E-state index is 11.4. The van der Waals surface area contributed by atoms with Gasteiger partial charge in [0.25, 0.3) is 0 Å². The number of rotatable bonds is 4. The van der Waals surface area contributed by atoms with Crippen molar-refractivity contribution in [3.63, 3.8) is 0 Å². The number of phenols is 1. The first-order chi connectivity index (χ1) is 13.6. The highest BCUT2D eigenvalue weighted by atomic mass is 32.2. The molecule has 5 fully saturated rings. The van der Waals surface area contributed by atoms with E-state index in [2.05, 4.69) is 30.8 Å². The van der Waals surface area contributed by atoms with Crippen molar-refractivity contribution < 1.29 is 5.11 Å². The van der Waals surface area contributed by atoms with E-state index in [0.29, 0.717) is 11.2 Å². The molecule has 0 aliphatic heterocycles. The molecule has 154 valence electrons. The molecule has 0 heterocycles. The molecule has 1 aromatic rings. The number of hydrogen-bond donors (Lipinski definition) is 1. The zero-order valence-corrected chi connectivity index (χ0v) is 18.5. The van der Waals surface area contributed by atoms with Crippen molar-refractivity contribution in [3.05, 3.63) is 28.8 Å². The molecule has 0 aromatic heterocycles. The normalized spacial score (nSPS) is 35.7. The van der Waals surface area contributed by atoms with Gasteiger partial charge in [0, 0.05) is 22.1 Å². The summed E-state index contributed by atoms with van der Waals surface area (Å²) >= 11 is 2.12. The molecule has 0 radical (unpaired) electrons. The molecule has 0 unspecified atom stereocenters.